The van der Waals surface area contributed by atoms with E-state index in [1.54, 1.807) is 49.5 Å². The van der Waals surface area contributed by atoms with E-state index in [1.807, 2.05) is 60.7 Å². The lowest BCUT2D eigenvalue weighted by molar-refractivity contribution is 0.544. The van der Waals surface area contributed by atoms with Crippen LogP contribution < -0.4 is 0 Å². The van der Waals surface area contributed by atoms with Crippen molar-refractivity contribution in [3.63, 3.8) is 0 Å². The lowest BCUT2D eigenvalue weighted by Gasteiger charge is -2.19. The number of terminal acetylenes is 6. The number of aromatic nitrogens is 13. The van der Waals surface area contributed by atoms with E-state index < -0.39 is 0 Å². The van der Waals surface area contributed by atoms with Crippen LogP contribution in [-0.2, 0) is 49.7 Å². The van der Waals surface area contributed by atoms with Gasteiger partial charge in [-0.05, 0) is 107 Å². The fourth-order valence-electron chi connectivity index (χ4n) is 7.38. The van der Waals surface area contributed by atoms with E-state index in [2.05, 4.69) is 286 Å². The maximum Gasteiger partial charge on any atom is 0.204 e. The maximum absolute atomic E-state index is 5.33. The van der Waals surface area contributed by atoms with E-state index in [0.717, 1.165) is 63.5 Å². The van der Waals surface area contributed by atoms with Crippen molar-refractivity contribution in [3.05, 3.63) is 214 Å². The van der Waals surface area contributed by atoms with Gasteiger partial charge in [0.25, 0.3) is 0 Å². The van der Waals surface area contributed by atoms with Crippen LogP contribution in [-0.4, -0.2) is 64.8 Å². The molecule has 0 amide bonds. The minimum atomic E-state index is -0.0349. The summed E-state index contributed by atoms with van der Waals surface area (Å²) in [7, 11) is 0. The average Bonchev–Trinajstić information content (AvgIpc) is 0.983. The first-order valence-electron chi connectivity index (χ1n) is 31.8. The van der Waals surface area contributed by atoms with Crippen LogP contribution in [0.2, 0.25) is 0 Å². The number of hydrogen-bond acceptors (Lipinski definition) is 13. The van der Waals surface area contributed by atoms with Gasteiger partial charge >= 0.3 is 0 Å². The van der Waals surface area contributed by atoms with Gasteiger partial charge in [-0.15, -0.1) is 38.5 Å². The van der Waals surface area contributed by atoms with Crippen molar-refractivity contribution in [2.75, 3.05) is 0 Å². The molecule has 0 bridgehead atoms. The quantitative estimate of drug-likeness (QED) is 0.150. The Hall–Kier alpha value is -10.1. The van der Waals surface area contributed by atoms with Gasteiger partial charge in [-0.25, -0.2) is 64.8 Å². The van der Waals surface area contributed by atoms with Gasteiger partial charge in [0.05, 0.1) is 17.1 Å². The van der Waals surface area contributed by atoms with Crippen molar-refractivity contribution in [2.24, 2.45) is 0 Å². The molecular weight excluding hydrogens is 1180 g/mol. The van der Waals surface area contributed by atoms with E-state index in [-0.39, 0.29) is 43.3 Å². The Morgan fingerprint density at radius 1 is 0.354 bits per heavy atom. The highest BCUT2D eigenvalue weighted by Crippen LogP contribution is 2.26. The van der Waals surface area contributed by atoms with Gasteiger partial charge in [0.2, 0.25) is 5.82 Å². The molecule has 8 rings (SSSR count). The predicted molar refractivity (Wildman–Crippen MR) is 400 cm³/mol. The number of aryl methyl sites for hydroxylation is 1. The number of nitrogens with zero attached hydrogens (tertiary/aromatic N) is 13. The zero-order chi connectivity index (χ0) is 73.5. The minimum absolute atomic E-state index is 0.0129. The highest BCUT2D eigenvalue weighted by molar-refractivity contribution is 5.41. The molecule has 0 radical (unpaired) electrons. The van der Waals surface area contributed by atoms with Crippen LogP contribution in [0.5, 0.6) is 0 Å². The summed E-state index contributed by atoms with van der Waals surface area (Å²) in [4.78, 5) is 54.0. The summed E-state index contributed by atoms with van der Waals surface area (Å²) in [6, 6.07) is 23.1. The van der Waals surface area contributed by atoms with Crippen LogP contribution in [0.3, 0.4) is 0 Å². The SMILES string of the molecule is C#Cc1cc(C(C)(C)C)ccn1.C#Cc1cc(C(C)(C)C)ncn1.C#Cc1cccc(C(C)(C)C)n1.C#Cc1ccnc(C(C)(C)C)n1.C#Cc1nccc(C(C)(C)C)n1.C#Cc1ncccc1C(C)(C)C.C=Cc1ccnc(C(C)(C)C)n1.CCc1cc(C(C)(C)C)ncn1. The molecule has 8 aromatic heterocycles. The monoisotopic (exact) mass is 1280 g/mol. The Labute approximate surface area is 579 Å². The van der Waals surface area contributed by atoms with Crippen LogP contribution in [0.25, 0.3) is 6.08 Å². The van der Waals surface area contributed by atoms with E-state index >= 15 is 0 Å². The molecular formula is C83H105N13. The number of hydrogen-bond donors (Lipinski definition) is 0. The van der Waals surface area contributed by atoms with E-state index in [9.17, 15) is 0 Å². The molecule has 0 saturated heterocycles. The molecule has 0 N–H and O–H groups in total. The number of rotatable bonds is 2. The third-order valence-corrected chi connectivity index (χ3v) is 13.2. The van der Waals surface area contributed by atoms with Crippen LogP contribution >= 0.6 is 0 Å². The fourth-order valence-corrected chi connectivity index (χ4v) is 7.38. The molecule has 0 spiro atoms. The van der Waals surface area contributed by atoms with Gasteiger partial charge in [-0.3, -0.25) is 0 Å². The molecule has 8 aromatic rings. The van der Waals surface area contributed by atoms with Gasteiger partial charge in [-0.2, -0.15) is 0 Å². The molecule has 96 heavy (non-hydrogen) atoms. The first kappa shape index (κ1) is 84.0. The normalized spacial score (nSPS) is 11.0. The van der Waals surface area contributed by atoms with Gasteiger partial charge in [0.15, 0.2) is 0 Å². The summed E-state index contributed by atoms with van der Waals surface area (Å²) in [5, 5.41) is 0. The molecule has 502 valence electrons. The average molecular weight is 1280 g/mol. The Morgan fingerprint density at radius 3 is 1.30 bits per heavy atom. The van der Waals surface area contributed by atoms with Gasteiger partial charge in [-0.1, -0.05) is 215 Å². The second-order valence-corrected chi connectivity index (χ2v) is 30.2. The maximum atomic E-state index is 5.33. The first-order valence-corrected chi connectivity index (χ1v) is 31.8. The molecule has 0 aromatic carbocycles. The molecule has 0 aliphatic carbocycles. The summed E-state index contributed by atoms with van der Waals surface area (Å²) in [6.45, 7) is 56.5. The van der Waals surface area contributed by atoms with Crippen molar-refractivity contribution in [3.8, 4) is 74.1 Å². The zero-order valence-corrected chi connectivity index (χ0v) is 62.2. The Morgan fingerprint density at radius 2 is 0.833 bits per heavy atom. The molecule has 8 heterocycles. The molecule has 0 unspecified atom stereocenters. The van der Waals surface area contributed by atoms with E-state index in [4.69, 9.17) is 38.5 Å². The van der Waals surface area contributed by atoms with Crippen molar-refractivity contribution < 1.29 is 0 Å². The highest BCUT2D eigenvalue weighted by atomic mass is 14.9. The van der Waals surface area contributed by atoms with Crippen LogP contribution in [0.4, 0.5) is 0 Å². The van der Waals surface area contributed by atoms with Crippen LogP contribution in [0, 0.1) is 74.1 Å². The highest BCUT2D eigenvalue weighted by Gasteiger charge is 2.21. The number of pyridine rings is 3. The Bertz CT molecular complexity index is 3610. The third-order valence-electron chi connectivity index (χ3n) is 13.2. The van der Waals surface area contributed by atoms with Gasteiger partial charge in [0, 0.05) is 80.6 Å². The van der Waals surface area contributed by atoms with Crippen molar-refractivity contribution in [1.29, 1.82) is 0 Å². The smallest absolute Gasteiger partial charge is 0.204 e. The second kappa shape index (κ2) is 37.7. The first-order chi connectivity index (χ1) is 44.3. The largest absolute Gasteiger partial charge is 0.248 e. The van der Waals surface area contributed by atoms with Crippen LogP contribution in [0.1, 0.15) is 264 Å². The van der Waals surface area contributed by atoms with Crippen molar-refractivity contribution >= 4 is 6.08 Å². The standard InChI is InChI=1S/3C11H13N.C10H16N2.2C10H12N2.C10H14N2.C10H12N2/c1-5-10-8-9(6-7-12-10)11(2,3)4;1-5-10-9(11(2,3)4)7-6-8-12-10;1-5-9-7-6-8-10(12-9)11(2,3)4;2*1-5-8-6-9(10(2,3)4)12-7-11-8;1-5-9-11-7-6-8(12-9)10(2,3)4;2*1-5-8-6-7-11-9(12-8)10(2,3)4/h3*1,6-8H,2-4H3;6-7H,5H2,1-4H3;2*1,6-7H,2-4H3;5-7H,1H2,2-4H3;1,6-7H,2-4H3. The lowest BCUT2D eigenvalue weighted by atomic mass is 9.86. The van der Waals surface area contributed by atoms with Gasteiger partial charge in [0.1, 0.15) is 52.8 Å². The lowest BCUT2D eigenvalue weighted by Crippen LogP contribution is -2.16. The molecule has 0 aliphatic heterocycles. The summed E-state index contributed by atoms with van der Waals surface area (Å²) in [5.74, 6) is 17.2. The zero-order valence-electron chi connectivity index (χ0n) is 62.2. The summed E-state index contributed by atoms with van der Waals surface area (Å²) in [5.41, 5.74) is 12.4. The second-order valence-electron chi connectivity index (χ2n) is 30.2. The van der Waals surface area contributed by atoms with E-state index in [1.165, 1.54) is 11.9 Å². The summed E-state index contributed by atoms with van der Waals surface area (Å²) in [6.07, 6.45) is 46.0. The van der Waals surface area contributed by atoms with Crippen LogP contribution in [0.15, 0.2) is 123 Å². The van der Waals surface area contributed by atoms with E-state index in [0.29, 0.717) is 28.6 Å². The molecule has 13 heteroatoms. The summed E-state index contributed by atoms with van der Waals surface area (Å²) < 4.78 is 0. The predicted octanol–water partition coefficient (Wildman–Crippen LogP) is 17.1. The molecule has 0 fully saturated rings. The minimum Gasteiger partial charge on any atom is -0.248 e. The Balaban J connectivity index is 0.000000549. The fraction of sp³-hybridized carbons (Fsp3) is 0.410. The molecule has 0 atom stereocenters. The topological polar surface area (TPSA) is 168 Å². The molecule has 13 nitrogen and oxygen atoms in total. The van der Waals surface area contributed by atoms with Crippen molar-refractivity contribution in [1.82, 2.24) is 64.8 Å². The van der Waals surface area contributed by atoms with Crippen molar-refractivity contribution in [2.45, 2.75) is 223 Å². The third kappa shape index (κ3) is 31.7. The Kier molecular flexibility index (Phi) is 33.0. The molecule has 0 saturated carbocycles. The molecule has 0 aliphatic rings. The summed E-state index contributed by atoms with van der Waals surface area (Å²) >= 11 is 0. The van der Waals surface area contributed by atoms with Gasteiger partial charge < -0.3 is 0 Å².